The fourth-order valence-electron chi connectivity index (χ4n) is 2.70. The molecule has 0 radical (unpaired) electrons. The van der Waals surface area contributed by atoms with Gasteiger partial charge in [-0.1, -0.05) is 26.2 Å². The topological polar surface area (TPSA) is 21.3 Å². The van der Waals surface area contributed by atoms with Crippen LogP contribution in [0.5, 0.6) is 0 Å². The van der Waals surface area contributed by atoms with Gasteiger partial charge in [-0.05, 0) is 52.0 Å². The predicted molar refractivity (Wildman–Crippen MR) is 74.4 cm³/mol. The largest absolute Gasteiger partial charge is 0.379 e. The monoisotopic (exact) mass is 241 g/mol. The van der Waals surface area contributed by atoms with E-state index < -0.39 is 0 Å². The number of hydrogen-bond donors (Lipinski definition) is 1. The van der Waals surface area contributed by atoms with Crippen LogP contribution in [0.15, 0.2) is 0 Å². The summed E-state index contributed by atoms with van der Waals surface area (Å²) in [6.07, 6.45) is 9.85. The lowest BCUT2D eigenvalue weighted by molar-refractivity contribution is 0.0758. The van der Waals surface area contributed by atoms with Crippen molar-refractivity contribution in [2.45, 2.75) is 77.9 Å². The number of hydrogen-bond acceptors (Lipinski definition) is 2. The summed E-state index contributed by atoms with van der Waals surface area (Å²) in [7, 11) is 0. The van der Waals surface area contributed by atoms with Gasteiger partial charge in [-0.25, -0.2) is 0 Å². The van der Waals surface area contributed by atoms with E-state index in [-0.39, 0.29) is 0 Å². The summed E-state index contributed by atoms with van der Waals surface area (Å²) in [5.41, 5.74) is 0. The van der Waals surface area contributed by atoms with Crippen molar-refractivity contribution in [2.75, 3.05) is 13.2 Å². The molecule has 0 bridgehead atoms. The van der Waals surface area contributed by atoms with Crippen molar-refractivity contribution in [1.82, 2.24) is 5.32 Å². The molecule has 0 aromatic heterocycles. The Morgan fingerprint density at radius 1 is 1.24 bits per heavy atom. The first-order chi connectivity index (χ1) is 8.22. The molecule has 1 N–H and O–H groups in total. The molecule has 0 spiro atoms. The summed E-state index contributed by atoms with van der Waals surface area (Å²) in [4.78, 5) is 0. The van der Waals surface area contributed by atoms with E-state index in [4.69, 9.17) is 4.74 Å². The molecule has 0 amide bonds. The van der Waals surface area contributed by atoms with Crippen LogP contribution >= 0.6 is 0 Å². The molecule has 1 aliphatic carbocycles. The summed E-state index contributed by atoms with van der Waals surface area (Å²) in [5.74, 6) is 0.977. The standard InChI is InChI=1S/C15H31NO/c1-4-14-8-7-9-15(12-14)16-10-5-6-11-17-13(2)3/h13-16H,4-12H2,1-3H3. The maximum absolute atomic E-state index is 5.54. The molecular weight excluding hydrogens is 210 g/mol. The van der Waals surface area contributed by atoms with Crippen LogP contribution in [0.3, 0.4) is 0 Å². The van der Waals surface area contributed by atoms with E-state index in [2.05, 4.69) is 26.1 Å². The van der Waals surface area contributed by atoms with E-state index in [9.17, 15) is 0 Å². The lowest BCUT2D eigenvalue weighted by Gasteiger charge is -2.29. The lowest BCUT2D eigenvalue weighted by atomic mass is 9.84. The number of nitrogens with one attached hydrogen (secondary N) is 1. The van der Waals surface area contributed by atoms with Gasteiger partial charge in [0.25, 0.3) is 0 Å². The predicted octanol–water partition coefficient (Wildman–Crippen LogP) is 3.75. The van der Waals surface area contributed by atoms with Gasteiger partial charge < -0.3 is 10.1 Å². The van der Waals surface area contributed by atoms with Gasteiger partial charge in [0.2, 0.25) is 0 Å². The first kappa shape index (κ1) is 15.0. The Hall–Kier alpha value is -0.0800. The molecule has 2 heteroatoms. The van der Waals surface area contributed by atoms with E-state index >= 15 is 0 Å². The van der Waals surface area contributed by atoms with E-state index in [1.165, 1.54) is 51.5 Å². The van der Waals surface area contributed by atoms with Gasteiger partial charge in [-0.15, -0.1) is 0 Å². The minimum Gasteiger partial charge on any atom is -0.379 e. The van der Waals surface area contributed by atoms with Gasteiger partial charge in [0.15, 0.2) is 0 Å². The second-order valence-corrected chi connectivity index (χ2v) is 5.72. The van der Waals surface area contributed by atoms with Crippen LogP contribution in [0.1, 0.15) is 65.7 Å². The third-order valence-electron chi connectivity index (χ3n) is 3.82. The molecule has 0 aromatic rings. The van der Waals surface area contributed by atoms with Crippen molar-refractivity contribution in [3.63, 3.8) is 0 Å². The number of rotatable bonds is 8. The highest BCUT2D eigenvalue weighted by molar-refractivity contribution is 4.77. The molecular formula is C15H31NO. The van der Waals surface area contributed by atoms with Crippen LogP contribution in [-0.4, -0.2) is 25.3 Å². The average molecular weight is 241 g/mol. The lowest BCUT2D eigenvalue weighted by Crippen LogP contribution is -2.34. The zero-order chi connectivity index (χ0) is 12.5. The molecule has 0 heterocycles. The van der Waals surface area contributed by atoms with E-state index in [1.54, 1.807) is 0 Å². The highest BCUT2D eigenvalue weighted by Crippen LogP contribution is 2.26. The van der Waals surface area contributed by atoms with E-state index in [0.717, 1.165) is 18.6 Å². The molecule has 0 aromatic carbocycles. The van der Waals surface area contributed by atoms with Crippen LogP contribution in [-0.2, 0) is 4.74 Å². The molecule has 102 valence electrons. The molecule has 2 nitrogen and oxygen atoms in total. The van der Waals surface area contributed by atoms with Crippen molar-refractivity contribution in [3.05, 3.63) is 0 Å². The van der Waals surface area contributed by atoms with Gasteiger partial charge in [-0.3, -0.25) is 0 Å². The molecule has 2 unspecified atom stereocenters. The van der Waals surface area contributed by atoms with Gasteiger partial charge in [0.1, 0.15) is 0 Å². The van der Waals surface area contributed by atoms with Gasteiger partial charge in [0, 0.05) is 12.6 Å². The normalized spacial score (nSPS) is 25.4. The Labute approximate surface area is 108 Å². The Bertz CT molecular complexity index is 182. The van der Waals surface area contributed by atoms with Crippen LogP contribution < -0.4 is 5.32 Å². The maximum atomic E-state index is 5.54. The summed E-state index contributed by atoms with van der Waals surface area (Å²) in [6, 6.07) is 0.791. The first-order valence-electron chi connectivity index (χ1n) is 7.57. The zero-order valence-corrected chi connectivity index (χ0v) is 12.0. The molecule has 2 atom stereocenters. The van der Waals surface area contributed by atoms with Crippen molar-refractivity contribution < 1.29 is 4.74 Å². The highest BCUT2D eigenvalue weighted by Gasteiger charge is 2.19. The van der Waals surface area contributed by atoms with Crippen LogP contribution in [0.25, 0.3) is 0 Å². The molecule has 1 aliphatic rings. The van der Waals surface area contributed by atoms with Crippen molar-refractivity contribution in [1.29, 1.82) is 0 Å². The third kappa shape index (κ3) is 7.05. The average Bonchev–Trinajstić information content (AvgIpc) is 2.33. The second-order valence-electron chi connectivity index (χ2n) is 5.72. The molecule has 1 saturated carbocycles. The molecule has 0 aliphatic heterocycles. The van der Waals surface area contributed by atoms with Crippen LogP contribution in [0.4, 0.5) is 0 Å². The summed E-state index contributed by atoms with van der Waals surface area (Å²) in [6.45, 7) is 8.62. The summed E-state index contributed by atoms with van der Waals surface area (Å²) in [5, 5.41) is 3.72. The molecule has 0 saturated heterocycles. The van der Waals surface area contributed by atoms with Crippen molar-refractivity contribution in [3.8, 4) is 0 Å². The zero-order valence-electron chi connectivity index (χ0n) is 12.0. The highest BCUT2D eigenvalue weighted by atomic mass is 16.5. The molecule has 1 fully saturated rings. The van der Waals surface area contributed by atoms with Gasteiger partial charge >= 0.3 is 0 Å². The number of ether oxygens (including phenoxy) is 1. The Kier molecular flexibility index (Phi) is 7.87. The maximum Gasteiger partial charge on any atom is 0.0518 e. The van der Waals surface area contributed by atoms with Crippen LogP contribution in [0.2, 0.25) is 0 Å². The molecule has 17 heavy (non-hydrogen) atoms. The van der Waals surface area contributed by atoms with Gasteiger partial charge in [0.05, 0.1) is 6.10 Å². The minimum absolute atomic E-state index is 0.381. The first-order valence-corrected chi connectivity index (χ1v) is 7.57. The Morgan fingerprint density at radius 3 is 2.76 bits per heavy atom. The van der Waals surface area contributed by atoms with Crippen LogP contribution in [0, 0.1) is 5.92 Å². The molecule has 1 rings (SSSR count). The number of unbranched alkanes of at least 4 members (excludes halogenated alkanes) is 1. The fourth-order valence-corrected chi connectivity index (χ4v) is 2.70. The second kappa shape index (κ2) is 8.93. The van der Waals surface area contributed by atoms with Gasteiger partial charge in [-0.2, -0.15) is 0 Å². The minimum atomic E-state index is 0.381. The summed E-state index contributed by atoms with van der Waals surface area (Å²) >= 11 is 0. The van der Waals surface area contributed by atoms with Crippen molar-refractivity contribution in [2.24, 2.45) is 5.92 Å². The van der Waals surface area contributed by atoms with E-state index in [0.29, 0.717) is 6.10 Å². The smallest absolute Gasteiger partial charge is 0.0518 e. The quantitative estimate of drug-likeness (QED) is 0.653. The fraction of sp³-hybridized carbons (Fsp3) is 1.00. The SMILES string of the molecule is CCC1CCCC(NCCCCOC(C)C)C1. The summed E-state index contributed by atoms with van der Waals surface area (Å²) < 4.78 is 5.54. The third-order valence-corrected chi connectivity index (χ3v) is 3.82. The van der Waals surface area contributed by atoms with E-state index in [1.807, 2.05) is 0 Å². The Balaban J connectivity index is 1.95. The Morgan fingerprint density at radius 2 is 2.06 bits per heavy atom. The van der Waals surface area contributed by atoms with Crippen molar-refractivity contribution >= 4 is 0 Å².